The van der Waals surface area contributed by atoms with Crippen LogP contribution in [0, 0.1) is 0 Å². The fourth-order valence-corrected chi connectivity index (χ4v) is 6.51. The lowest BCUT2D eigenvalue weighted by Gasteiger charge is -2.23. The van der Waals surface area contributed by atoms with Crippen molar-refractivity contribution in [2.45, 2.75) is 30.6 Å². The van der Waals surface area contributed by atoms with Gasteiger partial charge in [-0.15, -0.1) is 0 Å². The predicted octanol–water partition coefficient (Wildman–Crippen LogP) is 2.77. The molecule has 0 aliphatic carbocycles. The van der Waals surface area contributed by atoms with Crippen molar-refractivity contribution in [1.82, 2.24) is 0 Å². The van der Waals surface area contributed by atoms with E-state index < -0.39 is 49.2 Å². The summed E-state index contributed by atoms with van der Waals surface area (Å²) >= 11 is 0. The summed E-state index contributed by atoms with van der Waals surface area (Å²) in [6, 6.07) is 2.14. The number of carbonyl (C=O) groups is 1. The van der Waals surface area contributed by atoms with Crippen molar-refractivity contribution in [3.05, 3.63) is 18.2 Å². The summed E-state index contributed by atoms with van der Waals surface area (Å²) in [5, 5.41) is 0. The fraction of sp³-hybridized carbons (Fsp3) is 0.533. The van der Waals surface area contributed by atoms with Crippen LogP contribution in [0.5, 0.6) is 5.75 Å². The molecule has 27 heavy (non-hydrogen) atoms. The summed E-state index contributed by atoms with van der Waals surface area (Å²) in [6.45, 7) is 6.38. The van der Waals surface area contributed by atoms with Crippen molar-refractivity contribution in [3.8, 4) is 5.75 Å². The van der Waals surface area contributed by atoms with Crippen LogP contribution in [0.4, 0.5) is 4.79 Å². The molecule has 9 nitrogen and oxygen atoms in total. The van der Waals surface area contributed by atoms with E-state index >= 15 is 0 Å². The molecule has 1 aromatic rings. The third-order valence-corrected chi connectivity index (χ3v) is 11.4. The molecule has 0 saturated heterocycles. The van der Waals surface area contributed by atoms with Crippen LogP contribution >= 0.6 is 7.26 Å². The van der Waals surface area contributed by atoms with Crippen LogP contribution in [-0.4, -0.2) is 63.4 Å². The van der Waals surface area contributed by atoms with Crippen molar-refractivity contribution in [1.29, 1.82) is 0 Å². The summed E-state index contributed by atoms with van der Waals surface area (Å²) < 4.78 is 73.1. The largest absolute Gasteiger partial charge is 0.514 e. The summed E-state index contributed by atoms with van der Waals surface area (Å²) in [7, 11) is -10.8. The number of ether oxygens (including phenoxy) is 2. The Balaban J connectivity index is 2.94. The monoisotopic (exact) mass is 443 g/mol. The molecule has 0 heterocycles. The standard InChI is InChI=1S/C15H23O9PS2/c1-4-25(5-2,6-3)10-9-23-15(16)24-13-8-7-12(26(17,18)19)11-14(13)27(20,21)22/h7-8,11H,4-6,9-10H2,1-3H3,(H-,17,18,19,20,21,22)/p+1. The van der Waals surface area contributed by atoms with Crippen molar-refractivity contribution >= 4 is 33.7 Å². The van der Waals surface area contributed by atoms with Gasteiger partial charge in [-0.05, 0) is 39.0 Å². The molecule has 0 fully saturated rings. The second-order valence-corrected chi connectivity index (χ2v) is 13.6. The van der Waals surface area contributed by atoms with E-state index in [0.29, 0.717) is 12.2 Å². The van der Waals surface area contributed by atoms with Gasteiger partial charge in [-0.1, -0.05) is 0 Å². The Hall–Kier alpha value is -1.26. The highest BCUT2D eigenvalue weighted by Gasteiger charge is 2.31. The predicted molar refractivity (Wildman–Crippen MR) is 101 cm³/mol. The van der Waals surface area contributed by atoms with Crippen LogP contribution in [-0.2, 0) is 25.0 Å². The minimum absolute atomic E-state index is 0.104. The van der Waals surface area contributed by atoms with Crippen molar-refractivity contribution in [3.63, 3.8) is 0 Å². The molecule has 0 aliphatic rings. The molecule has 0 saturated carbocycles. The molecule has 0 unspecified atom stereocenters. The van der Waals surface area contributed by atoms with Gasteiger partial charge in [0.05, 0.1) is 29.5 Å². The molecule has 1 rings (SSSR count). The van der Waals surface area contributed by atoms with Gasteiger partial charge in [0.2, 0.25) is 0 Å². The molecular weight excluding hydrogens is 419 g/mol. The zero-order chi connectivity index (χ0) is 20.9. The molecular formula is C15H24O9PS2+. The van der Waals surface area contributed by atoms with Gasteiger partial charge in [0.1, 0.15) is 11.5 Å². The zero-order valence-electron chi connectivity index (χ0n) is 15.3. The van der Waals surface area contributed by atoms with E-state index in [1.54, 1.807) is 0 Å². The maximum absolute atomic E-state index is 11.8. The average Bonchev–Trinajstić information content (AvgIpc) is 2.57. The highest BCUT2D eigenvalue weighted by atomic mass is 32.2. The van der Waals surface area contributed by atoms with Crippen LogP contribution in [0.15, 0.2) is 28.0 Å². The van der Waals surface area contributed by atoms with Crippen molar-refractivity contribution in [2.24, 2.45) is 0 Å². The number of carbonyl (C=O) groups excluding carboxylic acids is 1. The lowest BCUT2D eigenvalue weighted by atomic mass is 10.3. The summed E-state index contributed by atoms with van der Waals surface area (Å²) in [5.41, 5.74) is 0. The van der Waals surface area contributed by atoms with Crippen LogP contribution in [0.1, 0.15) is 20.8 Å². The van der Waals surface area contributed by atoms with Gasteiger partial charge in [-0.3, -0.25) is 9.11 Å². The third-order valence-electron chi connectivity index (χ3n) is 4.48. The zero-order valence-corrected chi connectivity index (χ0v) is 17.8. The SMILES string of the molecule is CC[P+](CC)(CC)CCOC(=O)Oc1ccc(S(=O)(=O)O)cc1S(=O)(=O)O. The van der Waals surface area contributed by atoms with E-state index in [2.05, 4.69) is 20.8 Å². The number of hydrogen-bond donors (Lipinski definition) is 2. The van der Waals surface area contributed by atoms with Gasteiger partial charge in [-0.2, -0.15) is 16.8 Å². The Morgan fingerprint density at radius 3 is 2.00 bits per heavy atom. The molecule has 154 valence electrons. The van der Waals surface area contributed by atoms with E-state index in [4.69, 9.17) is 14.0 Å². The van der Waals surface area contributed by atoms with E-state index in [1.165, 1.54) is 0 Å². The molecule has 0 aliphatic heterocycles. The number of rotatable bonds is 9. The first kappa shape index (κ1) is 23.8. The lowest BCUT2D eigenvalue weighted by molar-refractivity contribution is 0.104. The number of hydrogen-bond acceptors (Lipinski definition) is 7. The Kier molecular flexibility index (Phi) is 8.18. The van der Waals surface area contributed by atoms with E-state index in [1.807, 2.05) is 0 Å². The maximum Gasteiger partial charge on any atom is 0.514 e. The fourth-order valence-electron chi connectivity index (χ4n) is 2.52. The van der Waals surface area contributed by atoms with E-state index in [9.17, 15) is 26.2 Å². The first-order valence-corrected chi connectivity index (χ1v) is 13.6. The molecule has 0 spiro atoms. The smallest absolute Gasteiger partial charge is 0.430 e. The minimum atomic E-state index is -4.92. The highest BCUT2D eigenvalue weighted by molar-refractivity contribution is 7.86. The van der Waals surface area contributed by atoms with Gasteiger partial charge in [0.25, 0.3) is 20.2 Å². The van der Waals surface area contributed by atoms with Gasteiger partial charge < -0.3 is 9.47 Å². The maximum atomic E-state index is 11.8. The molecule has 0 radical (unpaired) electrons. The van der Waals surface area contributed by atoms with Gasteiger partial charge in [0, 0.05) is 7.26 Å². The molecule has 1 aromatic carbocycles. The van der Waals surface area contributed by atoms with Crippen molar-refractivity contribution < 1.29 is 40.2 Å². The summed E-state index contributed by atoms with van der Waals surface area (Å²) in [4.78, 5) is 10.1. The second-order valence-electron chi connectivity index (χ2n) is 5.77. The first-order chi connectivity index (χ1) is 12.4. The van der Waals surface area contributed by atoms with Crippen LogP contribution in [0.3, 0.4) is 0 Å². The highest BCUT2D eigenvalue weighted by Crippen LogP contribution is 2.57. The minimum Gasteiger partial charge on any atom is -0.430 e. The Bertz CT molecular complexity index is 866. The van der Waals surface area contributed by atoms with Crippen LogP contribution in [0.2, 0.25) is 0 Å². The Morgan fingerprint density at radius 1 is 1.00 bits per heavy atom. The van der Waals surface area contributed by atoms with E-state index in [0.717, 1.165) is 30.6 Å². The molecule has 0 amide bonds. The molecule has 0 bridgehead atoms. The van der Waals surface area contributed by atoms with Crippen molar-refractivity contribution in [2.75, 3.05) is 31.3 Å². The normalized spacial score (nSPS) is 12.6. The molecule has 2 N–H and O–H groups in total. The summed E-state index contributed by atoms with van der Waals surface area (Å²) in [5.74, 6) is -0.613. The lowest BCUT2D eigenvalue weighted by Crippen LogP contribution is -2.18. The average molecular weight is 443 g/mol. The van der Waals surface area contributed by atoms with E-state index in [-0.39, 0.29) is 6.61 Å². The third kappa shape index (κ3) is 6.69. The van der Waals surface area contributed by atoms with Gasteiger partial charge >= 0.3 is 6.16 Å². The van der Waals surface area contributed by atoms with Gasteiger partial charge in [-0.25, -0.2) is 4.79 Å². The van der Waals surface area contributed by atoms with Gasteiger partial charge in [0.15, 0.2) is 5.75 Å². The Morgan fingerprint density at radius 2 is 1.56 bits per heavy atom. The molecule has 0 aromatic heterocycles. The molecule has 0 atom stereocenters. The summed E-state index contributed by atoms with van der Waals surface area (Å²) in [6.07, 6.45) is 2.58. The molecule has 12 heteroatoms. The quantitative estimate of drug-likeness (QED) is 0.255. The van der Waals surface area contributed by atoms with Crippen LogP contribution in [0.25, 0.3) is 0 Å². The number of benzene rings is 1. The Labute approximate surface area is 159 Å². The van der Waals surface area contributed by atoms with Crippen LogP contribution < -0.4 is 4.74 Å². The topological polar surface area (TPSA) is 144 Å². The second kappa shape index (κ2) is 9.29. The first-order valence-electron chi connectivity index (χ1n) is 8.17.